The van der Waals surface area contributed by atoms with Gasteiger partial charge in [-0.05, 0) is 52.2 Å². The van der Waals surface area contributed by atoms with Crippen molar-refractivity contribution in [3.8, 4) is 0 Å². The molecule has 1 saturated heterocycles. The van der Waals surface area contributed by atoms with Crippen LogP contribution in [-0.2, 0) is 21.4 Å². The summed E-state index contributed by atoms with van der Waals surface area (Å²) >= 11 is 4.43. The Balaban J connectivity index is 1.66. The van der Waals surface area contributed by atoms with Crippen LogP contribution in [0.5, 0.6) is 0 Å². The number of hydrogen-bond acceptors (Lipinski definition) is 4. The predicted molar refractivity (Wildman–Crippen MR) is 94.1 cm³/mol. The summed E-state index contributed by atoms with van der Waals surface area (Å²) in [5.41, 5.74) is 1.71. The van der Waals surface area contributed by atoms with Crippen molar-refractivity contribution < 1.29 is 13.2 Å². The second-order valence-corrected chi connectivity index (χ2v) is 9.66. The topological polar surface area (TPSA) is 66.5 Å². The van der Waals surface area contributed by atoms with Gasteiger partial charge in [0.1, 0.15) is 4.21 Å². The predicted octanol–water partition coefficient (Wildman–Crippen LogP) is 3.12. The number of sulfonamides is 1. The number of rotatable bonds is 5. The second-order valence-electron chi connectivity index (χ2n) is 5.20. The number of hydrogen-bond donors (Lipinski definition) is 1. The molecule has 1 aliphatic heterocycles. The SMILES string of the molecule is O=C1CCCN1c1ccc(CNS(=O)(=O)c2ccc(Br)s2)cc1. The van der Waals surface area contributed by atoms with Crippen LogP contribution >= 0.6 is 27.3 Å². The van der Waals surface area contributed by atoms with Crippen LogP contribution in [-0.4, -0.2) is 20.9 Å². The van der Waals surface area contributed by atoms with Gasteiger partial charge >= 0.3 is 0 Å². The molecule has 3 rings (SSSR count). The first-order chi connectivity index (χ1) is 11.0. The van der Waals surface area contributed by atoms with E-state index in [1.807, 2.05) is 24.3 Å². The highest BCUT2D eigenvalue weighted by Crippen LogP contribution is 2.26. The van der Waals surface area contributed by atoms with Gasteiger partial charge in [-0.2, -0.15) is 0 Å². The zero-order valence-corrected chi connectivity index (χ0v) is 15.4. The maximum absolute atomic E-state index is 12.2. The molecule has 1 N–H and O–H groups in total. The zero-order valence-electron chi connectivity index (χ0n) is 12.2. The third-order valence-electron chi connectivity index (χ3n) is 3.60. The Labute approximate surface area is 147 Å². The molecule has 0 unspecified atom stereocenters. The van der Waals surface area contributed by atoms with E-state index in [-0.39, 0.29) is 16.7 Å². The number of anilines is 1. The Kier molecular flexibility index (Phi) is 4.86. The molecule has 5 nitrogen and oxygen atoms in total. The van der Waals surface area contributed by atoms with E-state index >= 15 is 0 Å². The molecule has 23 heavy (non-hydrogen) atoms. The number of benzene rings is 1. The van der Waals surface area contributed by atoms with Crippen LogP contribution in [0.1, 0.15) is 18.4 Å². The van der Waals surface area contributed by atoms with E-state index in [0.717, 1.165) is 28.0 Å². The lowest BCUT2D eigenvalue weighted by Gasteiger charge is -2.16. The lowest BCUT2D eigenvalue weighted by molar-refractivity contribution is -0.117. The van der Waals surface area contributed by atoms with Crippen LogP contribution in [0.25, 0.3) is 0 Å². The van der Waals surface area contributed by atoms with Crippen LogP contribution < -0.4 is 9.62 Å². The molecule has 2 heterocycles. The third-order valence-corrected chi connectivity index (χ3v) is 7.12. The van der Waals surface area contributed by atoms with Crippen LogP contribution in [0.4, 0.5) is 5.69 Å². The van der Waals surface area contributed by atoms with E-state index in [0.29, 0.717) is 6.42 Å². The number of nitrogens with zero attached hydrogens (tertiary/aromatic N) is 1. The van der Waals surface area contributed by atoms with Crippen LogP contribution in [0.2, 0.25) is 0 Å². The van der Waals surface area contributed by atoms with Gasteiger partial charge in [-0.1, -0.05) is 12.1 Å². The fourth-order valence-electron chi connectivity index (χ4n) is 2.41. The lowest BCUT2D eigenvalue weighted by atomic mass is 10.2. The second kappa shape index (κ2) is 6.72. The quantitative estimate of drug-likeness (QED) is 0.816. The molecule has 8 heteroatoms. The Morgan fingerprint density at radius 2 is 1.91 bits per heavy atom. The molecule has 1 fully saturated rings. The molecular weight excluding hydrogens is 400 g/mol. The molecule has 0 aliphatic carbocycles. The molecule has 0 atom stereocenters. The fourth-order valence-corrected chi connectivity index (χ4v) is 5.48. The number of carbonyl (C=O) groups excluding carboxylic acids is 1. The van der Waals surface area contributed by atoms with Crippen molar-refractivity contribution in [1.29, 1.82) is 0 Å². The third kappa shape index (κ3) is 3.82. The maximum atomic E-state index is 12.2. The van der Waals surface area contributed by atoms with Gasteiger partial charge in [0.2, 0.25) is 15.9 Å². The van der Waals surface area contributed by atoms with E-state index < -0.39 is 10.0 Å². The van der Waals surface area contributed by atoms with E-state index in [1.165, 1.54) is 11.3 Å². The minimum atomic E-state index is -3.50. The van der Waals surface area contributed by atoms with E-state index in [4.69, 9.17) is 0 Å². The number of nitrogens with one attached hydrogen (secondary N) is 1. The average molecular weight is 415 g/mol. The summed E-state index contributed by atoms with van der Waals surface area (Å²) < 4.78 is 28.0. The molecule has 1 aromatic heterocycles. The van der Waals surface area contributed by atoms with Gasteiger partial charge in [0.15, 0.2) is 0 Å². The molecule has 1 aliphatic rings. The summed E-state index contributed by atoms with van der Waals surface area (Å²) in [6, 6.07) is 10.7. The summed E-state index contributed by atoms with van der Waals surface area (Å²) in [5.74, 6) is 0.140. The van der Waals surface area contributed by atoms with E-state index in [2.05, 4.69) is 20.7 Å². The largest absolute Gasteiger partial charge is 0.312 e. The highest BCUT2D eigenvalue weighted by molar-refractivity contribution is 9.11. The van der Waals surface area contributed by atoms with Crippen LogP contribution in [0.3, 0.4) is 0 Å². The highest BCUT2D eigenvalue weighted by atomic mass is 79.9. The zero-order chi connectivity index (χ0) is 16.4. The van der Waals surface area contributed by atoms with Gasteiger partial charge in [0.05, 0.1) is 3.79 Å². The van der Waals surface area contributed by atoms with E-state index in [1.54, 1.807) is 17.0 Å². The minimum Gasteiger partial charge on any atom is -0.312 e. The van der Waals surface area contributed by atoms with Crippen molar-refractivity contribution in [3.63, 3.8) is 0 Å². The molecule has 1 amide bonds. The van der Waals surface area contributed by atoms with Crippen molar-refractivity contribution >= 4 is 48.9 Å². The van der Waals surface area contributed by atoms with Gasteiger partial charge in [0.25, 0.3) is 0 Å². The smallest absolute Gasteiger partial charge is 0.250 e. The monoisotopic (exact) mass is 414 g/mol. The van der Waals surface area contributed by atoms with Crippen molar-refractivity contribution in [2.75, 3.05) is 11.4 Å². The average Bonchev–Trinajstić information content (AvgIpc) is 3.15. The molecule has 0 spiro atoms. The summed E-state index contributed by atoms with van der Waals surface area (Å²) in [6.07, 6.45) is 1.48. The van der Waals surface area contributed by atoms with Crippen molar-refractivity contribution in [2.24, 2.45) is 0 Å². The van der Waals surface area contributed by atoms with Crippen molar-refractivity contribution in [3.05, 3.63) is 45.7 Å². The Bertz CT molecular complexity index is 816. The first kappa shape index (κ1) is 16.6. The van der Waals surface area contributed by atoms with Crippen LogP contribution in [0, 0.1) is 0 Å². The summed E-state index contributed by atoms with van der Waals surface area (Å²) in [5, 5.41) is 0. The Morgan fingerprint density at radius 1 is 1.17 bits per heavy atom. The molecule has 0 bridgehead atoms. The maximum Gasteiger partial charge on any atom is 0.250 e. The lowest BCUT2D eigenvalue weighted by Crippen LogP contribution is -2.24. The Hall–Kier alpha value is -1.22. The normalized spacial score (nSPS) is 15.3. The number of amides is 1. The number of thiophene rings is 1. The standard InChI is InChI=1S/C15H15BrN2O3S2/c16-13-7-8-15(22-13)23(20,21)17-10-11-3-5-12(6-4-11)18-9-1-2-14(18)19/h3-8,17H,1-2,9-10H2. The van der Waals surface area contributed by atoms with Crippen LogP contribution in [0.15, 0.2) is 44.4 Å². The molecular formula is C15H15BrN2O3S2. The summed E-state index contributed by atoms with van der Waals surface area (Å²) in [7, 11) is -3.50. The van der Waals surface area contributed by atoms with Crippen molar-refractivity contribution in [2.45, 2.75) is 23.6 Å². The van der Waals surface area contributed by atoms with Crippen molar-refractivity contribution in [1.82, 2.24) is 4.72 Å². The highest BCUT2D eigenvalue weighted by Gasteiger charge is 2.21. The minimum absolute atomic E-state index is 0.140. The molecule has 0 saturated carbocycles. The van der Waals surface area contributed by atoms with Gasteiger partial charge in [-0.15, -0.1) is 11.3 Å². The number of carbonyl (C=O) groups is 1. The van der Waals surface area contributed by atoms with Gasteiger partial charge in [-0.3, -0.25) is 4.79 Å². The molecule has 122 valence electrons. The summed E-state index contributed by atoms with van der Waals surface area (Å²) in [6.45, 7) is 0.962. The van der Waals surface area contributed by atoms with Gasteiger partial charge in [0, 0.05) is 25.2 Å². The number of halogens is 1. The van der Waals surface area contributed by atoms with E-state index in [9.17, 15) is 13.2 Å². The van der Waals surface area contributed by atoms with Gasteiger partial charge < -0.3 is 4.90 Å². The molecule has 1 aromatic carbocycles. The molecule has 0 radical (unpaired) electrons. The molecule has 2 aromatic rings. The first-order valence-electron chi connectivity index (χ1n) is 7.10. The fraction of sp³-hybridized carbons (Fsp3) is 0.267. The first-order valence-corrected chi connectivity index (χ1v) is 10.2. The van der Waals surface area contributed by atoms with Gasteiger partial charge in [-0.25, -0.2) is 13.1 Å². The summed E-state index contributed by atoms with van der Waals surface area (Å²) in [4.78, 5) is 13.5. The Morgan fingerprint density at radius 3 is 2.48 bits per heavy atom.